The molecule has 0 bridgehead atoms. The maximum atomic E-state index is 11.0. The van der Waals surface area contributed by atoms with E-state index in [1.807, 2.05) is 0 Å². The van der Waals surface area contributed by atoms with Crippen molar-refractivity contribution in [3.63, 3.8) is 0 Å². The van der Waals surface area contributed by atoms with E-state index in [2.05, 4.69) is 22.4 Å². The summed E-state index contributed by atoms with van der Waals surface area (Å²) >= 11 is 4.66. The summed E-state index contributed by atoms with van der Waals surface area (Å²) in [5.41, 5.74) is 5.06. The molecule has 21 heavy (non-hydrogen) atoms. The minimum Gasteiger partial charge on any atom is -0.507 e. The molecule has 0 aromatic heterocycles. The van der Waals surface area contributed by atoms with Gasteiger partial charge >= 0.3 is 11.9 Å². The third kappa shape index (κ3) is 5.15. The van der Waals surface area contributed by atoms with Gasteiger partial charge in [0.25, 0.3) is 0 Å². The number of carbonyl (C=O) groups is 2. The van der Waals surface area contributed by atoms with Crippen LogP contribution in [0.5, 0.6) is 5.75 Å². The fourth-order valence-corrected chi connectivity index (χ4v) is 1.52. The zero-order valence-electron chi connectivity index (χ0n) is 10.8. The SMILES string of the molecule is NC(=S)CCC(N=Nc1ccc(O)c(C(=O)O)c1)C(=O)O. The standard InChI is InChI=1S/C12H13N3O5S/c13-10(21)4-2-8(12(19)20)15-14-6-1-3-9(16)7(5-6)11(17)18/h1,3,5,8,16H,2,4H2,(H2,13,21)(H,17,18)(H,19,20). The van der Waals surface area contributed by atoms with E-state index in [1.165, 1.54) is 6.07 Å². The monoisotopic (exact) mass is 311 g/mol. The Morgan fingerprint density at radius 2 is 2.00 bits per heavy atom. The summed E-state index contributed by atoms with van der Waals surface area (Å²) in [6, 6.07) is 2.42. The molecule has 1 atom stereocenters. The van der Waals surface area contributed by atoms with Crippen LogP contribution in [-0.4, -0.2) is 38.3 Å². The molecule has 0 spiro atoms. The van der Waals surface area contributed by atoms with E-state index in [1.54, 1.807) is 0 Å². The number of benzene rings is 1. The zero-order chi connectivity index (χ0) is 16.0. The Morgan fingerprint density at radius 3 is 2.52 bits per heavy atom. The Hall–Kier alpha value is -2.55. The number of carboxylic acids is 2. The first-order valence-electron chi connectivity index (χ1n) is 5.79. The van der Waals surface area contributed by atoms with Crippen LogP contribution in [0.25, 0.3) is 0 Å². The van der Waals surface area contributed by atoms with Crippen molar-refractivity contribution in [1.82, 2.24) is 0 Å². The molecule has 0 amide bonds. The van der Waals surface area contributed by atoms with Crippen molar-refractivity contribution < 1.29 is 24.9 Å². The molecule has 9 heteroatoms. The van der Waals surface area contributed by atoms with Crippen molar-refractivity contribution in [3.05, 3.63) is 23.8 Å². The Labute approximate surface area is 124 Å². The number of aliphatic carboxylic acids is 1. The van der Waals surface area contributed by atoms with Gasteiger partial charge in [-0.2, -0.15) is 10.2 Å². The van der Waals surface area contributed by atoms with E-state index in [4.69, 9.17) is 15.9 Å². The van der Waals surface area contributed by atoms with Gasteiger partial charge in [-0.3, -0.25) is 0 Å². The van der Waals surface area contributed by atoms with Crippen molar-refractivity contribution >= 4 is 34.8 Å². The Bertz CT molecular complexity index is 603. The van der Waals surface area contributed by atoms with Crippen LogP contribution in [0.3, 0.4) is 0 Å². The van der Waals surface area contributed by atoms with Gasteiger partial charge in [0, 0.05) is 6.42 Å². The molecule has 1 aromatic carbocycles. The maximum Gasteiger partial charge on any atom is 0.339 e. The number of phenols is 1. The van der Waals surface area contributed by atoms with Gasteiger partial charge in [0.05, 0.1) is 10.7 Å². The first-order valence-corrected chi connectivity index (χ1v) is 6.20. The van der Waals surface area contributed by atoms with Crippen molar-refractivity contribution in [2.24, 2.45) is 16.0 Å². The predicted octanol–water partition coefficient (Wildman–Crippen LogP) is 1.69. The molecule has 0 saturated carbocycles. The van der Waals surface area contributed by atoms with Gasteiger partial charge in [-0.15, -0.1) is 0 Å². The molecule has 8 nitrogen and oxygen atoms in total. The second-order valence-electron chi connectivity index (χ2n) is 4.08. The smallest absolute Gasteiger partial charge is 0.339 e. The number of aromatic carboxylic acids is 1. The number of aromatic hydroxyl groups is 1. The highest BCUT2D eigenvalue weighted by Crippen LogP contribution is 2.24. The minimum atomic E-state index is -1.33. The fourth-order valence-electron chi connectivity index (χ4n) is 1.40. The van der Waals surface area contributed by atoms with E-state index < -0.39 is 23.7 Å². The molecule has 1 aromatic rings. The molecule has 1 unspecified atom stereocenters. The molecule has 5 N–H and O–H groups in total. The molecule has 0 radical (unpaired) electrons. The van der Waals surface area contributed by atoms with Crippen LogP contribution in [-0.2, 0) is 4.79 Å². The quantitative estimate of drug-likeness (QED) is 0.442. The third-order valence-electron chi connectivity index (χ3n) is 2.47. The predicted molar refractivity (Wildman–Crippen MR) is 77.0 cm³/mol. The highest BCUT2D eigenvalue weighted by molar-refractivity contribution is 7.80. The van der Waals surface area contributed by atoms with E-state index >= 15 is 0 Å². The lowest BCUT2D eigenvalue weighted by atomic mass is 10.1. The van der Waals surface area contributed by atoms with Crippen molar-refractivity contribution in [2.75, 3.05) is 0 Å². The summed E-state index contributed by atoms with van der Waals surface area (Å²) in [5.74, 6) is -2.93. The van der Waals surface area contributed by atoms with Gasteiger partial charge in [0.15, 0.2) is 6.04 Å². The highest BCUT2D eigenvalue weighted by Gasteiger charge is 2.17. The molecule has 0 fully saturated rings. The molecule has 0 aliphatic carbocycles. The molecular weight excluding hydrogens is 298 g/mol. The molecule has 0 aliphatic heterocycles. The van der Waals surface area contributed by atoms with Crippen LogP contribution in [0.1, 0.15) is 23.2 Å². The summed E-state index contributed by atoms with van der Waals surface area (Å²) in [4.78, 5) is 22.0. The first-order chi connectivity index (χ1) is 9.81. The number of rotatable bonds is 7. The van der Waals surface area contributed by atoms with Crippen molar-refractivity contribution in [2.45, 2.75) is 18.9 Å². The van der Waals surface area contributed by atoms with Crippen LogP contribution in [0.2, 0.25) is 0 Å². The second-order valence-corrected chi connectivity index (χ2v) is 4.61. The molecule has 0 saturated heterocycles. The number of hydrogen-bond acceptors (Lipinski definition) is 6. The molecule has 0 aliphatic rings. The van der Waals surface area contributed by atoms with E-state index in [9.17, 15) is 14.7 Å². The topological polar surface area (TPSA) is 146 Å². The molecular formula is C12H13N3O5S. The normalized spacial score (nSPS) is 12.2. The summed E-state index contributed by atoms with van der Waals surface area (Å²) in [6.45, 7) is 0. The van der Waals surface area contributed by atoms with Gasteiger partial charge < -0.3 is 21.1 Å². The van der Waals surface area contributed by atoms with Gasteiger partial charge in [-0.05, 0) is 24.6 Å². The van der Waals surface area contributed by atoms with Gasteiger partial charge in [-0.1, -0.05) is 12.2 Å². The minimum absolute atomic E-state index is 0.0953. The highest BCUT2D eigenvalue weighted by atomic mass is 32.1. The lowest BCUT2D eigenvalue weighted by molar-refractivity contribution is -0.138. The summed E-state index contributed by atoms with van der Waals surface area (Å²) < 4.78 is 0. The van der Waals surface area contributed by atoms with E-state index in [0.29, 0.717) is 0 Å². The Morgan fingerprint density at radius 1 is 1.33 bits per heavy atom. The van der Waals surface area contributed by atoms with Crippen molar-refractivity contribution in [3.8, 4) is 5.75 Å². The third-order valence-corrected chi connectivity index (χ3v) is 2.68. The fraction of sp³-hybridized carbons (Fsp3) is 0.250. The first kappa shape index (κ1) is 16.5. The van der Waals surface area contributed by atoms with Gasteiger partial charge in [0.2, 0.25) is 0 Å². The number of hydrogen-bond donors (Lipinski definition) is 4. The summed E-state index contributed by atoms with van der Waals surface area (Å²) in [5, 5.41) is 34.5. The zero-order valence-corrected chi connectivity index (χ0v) is 11.6. The summed E-state index contributed by atoms with van der Waals surface area (Å²) in [7, 11) is 0. The van der Waals surface area contributed by atoms with E-state index in [0.717, 1.165) is 12.1 Å². The van der Waals surface area contributed by atoms with Crippen molar-refractivity contribution in [1.29, 1.82) is 0 Å². The van der Waals surface area contributed by atoms with Crippen LogP contribution in [0.15, 0.2) is 28.4 Å². The lowest BCUT2D eigenvalue weighted by Gasteiger charge is -2.05. The summed E-state index contributed by atoms with van der Waals surface area (Å²) in [6.07, 6.45) is 0.305. The largest absolute Gasteiger partial charge is 0.507 e. The van der Waals surface area contributed by atoms with Gasteiger partial charge in [-0.25, -0.2) is 9.59 Å². The molecule has 0 heterocycles. The molecule has 1 rings (SSSR count). The second kappa shape index (κ2) is 7.29. The van der Waals surface area contributed by atoms with Crippen LogP contribution in [0.4, 0.5) is 5.69 Å². The Balaban J connectivity index is 2.91. The van der Waals surface area contributed by atoms with E-state index in [-0.39, 0.29) is 29.1 Å². The van der Waals surface area contributed by atoms with Crippen LogP contribution < -0.4 is 5.73 Å². The average molecular weight is 311 g/mol. The lowest BCUT2D eigenvalue weighted by Crippen LogP contribution is -2.20. The van der Waals surface area contributed by atoms with Gasteiger partial charge in [0.1, 0.15) is 11.3 Å². The average Bonchev–Trinajstić information content (AvgIpc) is 2.39. The molecule has 112 valence electrons. The maximum absolute atomic E-state index is 11.0. The number of nitrogens with zero attached hydrogens (tertiary/aromatic N) is 2. The number of nitrogens with two attached hydrogens (primary N) is 1. The van der Waals surface area contributed by atoms with Crippen LogP contribution >= 0.6 is 12.2 Å². The Kier molecular flexibility index (Phi) is 5.73. The number of azo groups is 1. The van der Waals surface area contributed by atoms with Crippen LogP contribution in [0, 0.1) is 0 Å². The number of thiocarbonyl (C=S) groups is 1. The number of carboxylic acid groups (broad SMARTS) is 2.